The van der Waals surface area contributed by atoms with Gasteiger partial charge in [-0.3, -0.25) is 0 Å². The van der Waals surface area contributed by atoms with Gasteiger partial charge in [0.25, 0.3) is 0 Å². The molecule has 206 valence electrons. The van der Waals surface area contributed by atoms with Gasteiger partial charge in [0.2, 0.25) is 0 Å². The molecule has 2 aliphatic rings. The summed E-state index contributed by atoms with van der Waals surface area (Å²) in [6.07, 6.45) is 0. The monoisotopic (exact) mass is 582 g/mol. The summed E-state index contributed by atoms with van der Waals surface area (Å²) in [5.74, 6) is 0. The van der Waals surface area contributed by atoms with Crippen molar-refractivity contribution in [1.29, 1.82) is 0 Å². The number of fused-ring (bicyclic) bond motifs is 8. The van der Waals surface area contributed by atoms with E-state index < -0.39 is 43.0 Å². The Morgan fingerprint density at radius 3 is 2.05 bits per heavy atom. The molecule has 4 heterocycles. The molecule has 5 aromatic carbocycles. The molecule has 0 fully saturated rings. The number of rotatable bonds is 2. The van der Waals surface area contributed by atoms with Crippen molar-refractivity contribution in [2.75, 3.05) is 9.80 Å². The van der Waals surface area contributed by atoms with Crippen LogP contribution in [0.1, 0.15) is 40.0 Å². The van der Waals surface area contributed by atoms with Crippen LogP contribution in [0.4, 0.5) is 34.1 Å². The van der Waals surface area contributed by atoms with Crippen LogP contribution < -0.4 is 25.7 Å². The van der Waals surface area contributed by atoms with Crippen LogP contribution in [0.2, 0.25) is 0 Å². The Bertz CT molecular complexity index is 2720. The van der Waals surface area contributed by atoms with Gasteiger partial charge in [0.1, 0.15) is 11.2 Å². The average molecular weight is 583 g/mol. The summed E-state index contributed by atoms with van der Waals surface area (Å²) in [5, 5.41) is 1.54. The molecule has 2 aliphatic heterocycles. The number of thiophene rings is 1. The van der Waals surface area contributed by atoms with Crippen LogP contribution in [0.3, 0.4) is 0 Å². The van der Waals surface area contributed by atoms with Crippen LogP contribution in [0, 0.1) is 0 Å². The van der Waals surface area contributed by atoms with Gasteiger partial charge in [-0.25, -0.2) is 0 Å². The molecule has 0 spiro atoms. The summed E-state index contributed by atoms with van der Waals surface area (Å²) in [6, 6.07) is 14.7. The summed E-state index contributed by atoms with van der Waals surface area (Å²) in [7, 11) is 0. The fraction of sp³-hybridized carbons (Fsp3) is 0.105. The molecule has 0 unspecified atom stereocenters. The summed E-state index contributed by atoms with van der Waals surface area (Å²) in [6.45, 7) is 5.81. The van der Waals surface area contributed by atoms with Gasteiger partial charge in [-0.15, -0.1) is 11.3 Å². The highest BCUT2D eigenvalue weighted by Crippen LogP contribution is 2.49. The molecule has 0 amide bonds. The van der Waals surface area contributed by atoms with E-state index in [1.54, 1.807) is 15.9 Å². The maximum absolute atomic E-state index is 9.16. The lowest BCUT2D eigenvalue weighted by atomic mass is 9.38. The largest absolute Gasteiger partial charge is 0.468 e. The van der Waals surface area contributed by atoms with E-state index in [-0.39, 0.29) is 41.0 Å². The van der Waals surface area contributed by atoms with E-state index in [4.69, 9.17) is 18.1 Å². The van der Waals surface area contributed by atoms with E-state index in [2.05, 4.69) is 39.0 Å². The summed E-state index contributed by atoms with van der Waals surface area (Å²) in [4.78, 5) is 3.43. The topological polar surface area (TPSA) is 19.6 Å². The molecule has 2 aromatic heterocycles. The molecule has 0 bridgehead atoms. The second-order valence-corrected chi connectivity index (χ2v) is 12.9. The highest BCUT2D eigenvalue weighted by Gasteiger charge is 2.48. The number of furan rings is 1. The van der Waals surface area contributed by atoms with Gasteiger partial charge in [-0.05, 0) is 77.0 Å². The summed E-state index contributed by atoms with van der Waals surface area (Å²) in [5.41, 5.74) is 4.72. The van der Waals surface area contributed by atoms with Crippen LogP contribution in [-0.4, -0.2) is 6.71 Å². The standard InChI is InChI=1S/C38H29BN2OS/c1-38(2,3)24-21-22-32-28(23-24)35-37(43-32)39-33-29(18-12-19-30(33)41(35)26-15-8-5-9-16-26)40(25-13-6-4-7-14-25)34-27-17-10-11-20-31(27)42-36(34)39/h4-23H,1-3H3/i4D,5D,6D,7D,8D,9D,13D,14D,15D,16D. The van der Waals surface area contributed by atoms with E-state index in [9.17, 15) is 0 Å². The molecule has 7 aromatic rings. The number of anilines is 6. The first-order valence-corrected chi connectivity index (χ1v) is 14.9. The molecule has 0 saturated heterocycles. The highest BCUT2D eigenvalue weighted by atomic mass is 32.1. The summed E-state index contributed by atoms with van der Waals surface area (Å²) >= 11 is 1.53. The minimum atomic E-state index is -0.559. The Morgan fingerprint density at radius 2 is 1.37 bits per heavy atom. The van der Waals surface area contributed by atoms with Gasteiger partial charge < -0.3 is 14.2 Å². The number of nitrogens with zero attached hydrogens (tertiary/aromatic N) is 2. The van der Waals surface area contributed by atoms with Crippen molar-refractivity contribution >= 4 is 89.1 Å². The predicted molar refractivity (Wildman–Crippen MR) is 184 cm³/mol. The van der Waals surface area contributed by atoms with Crippen molar-refractivity contribution in [1.82, 2.24) is 0 Å². The van der Waals surface area contributed by atoms with Crippen molar-refractivity contribution in [2.24, 2.45) is 0 Å². The molecule has 3 nitrogen and oxygen atoms in total. The van der Waals surface area contributed by atoms with Crippen LogP contribution in [0.15, 0.2) is 126 Å². The maximum Gasteiger partial charge on any atom is 0.309 e. The average Bonchev–Trinajstić information content (AvgIpc) is 3.71. The lowest BCUT2D eigenvalue weighted by molar-refractivity contribution is 0.591. The van der Waals surface area contributed by atoms with Crippen LogP contribution in [0.25, 0.3) is 21.1 Å². The molecule has 0 N–H and O–H groups in total. The van der Waals surface area contributed by atoms with E-state index >= 15 is 0 Å². The van der Waals surface area contributed by atoms with Crippen molar-refractivity contribution < 1.29 is 18.1 Å². The zero-order chi connectivity index (χ0) is 37.6. The quantitative estimate of drug-likeness (QED) is 0.190. The number of para-hydroxylation sites is 3. The van der Waals surface area contributed by atoms with Gasteiger partial charge in [0, 0.05) is 43.0 Å². The van der Waals surface area contributed by atoms with Crippen molar-refractivity contribution in [3.63, 3.8) is 0 Å². The maximum atomic E-state index is 9.16. The Kier molecular flexibility index (Phi) is 3.47. The van der Waals surface area contributed by atoms with E-state index in [0.717, 1.165) is 20.4 Å². The van der Waals surface area contributed by atoms with Gasteiger partial charge in [0.15, 0.2) is 0 Å². The zero-order valence-electron chi connectivity index (χ0n) is 33.6. The number of hydrogen-bond acceptors (Lipinski definition) is 4. The molecule has 5 heteroatoms. The van der Waals surface area contributed by atoms with E-state index in [1.807, 2.05) is 36.4 Å². The Labute approximate surface area is 269 Å². The second-order valence-electron chi connectivity index (χ2n) is 11.8. The molecule has 43 heavy (non-hydrogen) atoms. The molecule has 0 atom stereocenters. The van der Waals surface area contributed by atoms with Crippen molar-refractivity contribution in [2.45, 2.75) is 26.2 Å². The lowest BCUT2D eigenvalue weighted by Crippen LogP contribution is -2.60. The first-order chi connectivity index (χ1) is 25.1. The fourth-order valence-electron chi connectivity index (χ4n) is 6.50. The molecular weight excluding hydrogens is 543 g/mol. The van der Waals surface area contributed by atoms with Crippen LogP contribution >= 0.6 is 11.3 Å². The molecule has 0 aliphatic carbocycles. The molecule has 0 saturated carbocycles. The first-order valence-electron chi connectivity index (χ1n) is 19.1. The second kappa shape index (κ2) is 8.89. The Balaban J connectivity index is 1.48. The number of hydrogen-bond donors (Lipinski definition) is 0. The lowest BCUT2D eigenvalue weighted by Gasteiger charge is -2.41. The Hall–Kier alpha value is -4.74. The SMILES string of the molecule is [2H]c1c([2H])c([2H])c(N2c3cccc4c3B(c3oc5ccccc5c32)c2sc3ccc(C(C)(C)C)cc3c2N4c2c([2H])c([2H])c([2H])c([2H])c2[2H])c([2H])c1[2H]. The highest BCUT2D eigenvalue weighted by molar-refractivity contribution is 7.33. The van der Waals surface area contributed by atoms with Gasteiger partial charge in [0.05, 0.1) is 25.1 Å². The normalized spacial score (nSPS) is 17.0. The third-order valence-corrected chi connectivity index (χ3v) is 9.60. The molecule has 9 rings (SSSR count). The Morgan fingerprint density at radius 1 is 0.721 bits per heavy atom. The molecular formula is C38H29BN2OS. The van der Waals surface area contributed by atoms with E-state index in [1.165, 1.54) is 11.3 Å². The third kappa shape index (κ3) is 3.49. The first kappa shape index (κ1) is 16.8. The van der Waals surface area contributed by atoms with Gasteiger partial charge in [-0.2, -0.15) is 0 Å². The van der Waals surface area contributed by atoms with Gasteiger partial charge >= 0.3 is 6.71 Å². The third-order valence-electron chi connectivity index (χ3n) is 8.37. The minimum Gasteiger partial charge on any atom is -0.468 e. The molecule has 0 radical (unpaired) electrons. The predicted octanol–water partition coefficient (Wildman–Crippen LogP) is 9.03. The van der Waals surface area contributed by atoms with E-state index in [0.29, 0.717) is 44.8 Å². The van der Waals surface area contributed by atoms with Crippen molar-refractivity contribution in [3.05, 3.63) is 127 Å². The van der Waals surface area contributed by atoms with Gasteiger partial charge in [-0.1, -0.05) is 81.3 Å². The smallest absolute Gasteiger partial charge is 0.309 e. The fourth-order valence-corrected chi connectivity index (χ4v) is 7.78. The van der Waals surface area contributed by atoms with Crippen LogP contribution in [-0.2, 0) is 5.41 Å². The van der Waals surface area contributed by atoms with Crippen LogP contribution in [0.5, 0.6) is 0 Å². The minimum absolute atomic E-state index is 0.0188. The zero-order valence-corrected chi connectivity index (χ0v) is 24.4. The summed E-state index contributed by atoms with van der Waals surface area (Å²) < 4.78 is 96.2. The van der Waals surface area contributed by atoms with Crippen molar-refractivity contribution in [3.8, 4) is 0 Å². The number of benzene rings is 5.